The minimum absolute atomic E-state index is 0. The molecule has 0 heterocycles. The van der Waals surface area contributed by atoms with E-state index in [1.54, 1.807) is 23.5 Å². The van der Waals surface area contributed by atoms with Crippen molar-refractivity contribution in [1.29, 1.82) is 0 Å². The third-order valence-electron chi connectivity index (χ3n) is 7.06. The summed E-state index contributed by atoms with van der Waals surface area (Å²) in [6.45, 7) is 3.38. The van der Waals surface area contributed by atoms with Gasteiger partial charge in [-0.3, -0.25) is 52.7 Å². The summed E-state index contributed by atoms with van der Waals surface area (Å²) in [4.78, 5) is 111. The van der Waals surface area contributed by atoms with Gasteiger partial charge in [-0.2, -0.15) is 23.5 Å². The Bertz CT molecular complexity index is 1480. The first kappa shape index (κ1) is 87.6. The van der Waals surface area contributed by atoms with E-state index in [4.69, 9.17) is 107 Å². The van der Waals surface area contributed by atoms with Gasteiger partial charge in [0.2, 0.25) is 0 Å². The van der Waals surface area contributed by atoms with Crippen LogP contribution in [-0.4, -0.2) is 276 Å². The van der Waals surface area contributed by atoms with E-state index in [0.29, 0.717) is 25.8 Å². The Morgan fingerprint density at radius 1 is 0.451 bits per heavy atom. The molecule has 0 aromatic carbocycles. The number of hydrogen-bond donors (Lipinski definition) is 19. The Kier molecular flexibility index (Phi) is 69.4. The molecule has 0 bridgehead atoms. The summed E-state index contributed by atoms with van der Waals surface area (Å²) in [7, 11) is 0. The van der Waals surface area contributed by atoms with Gasteiger partial charge in [-0.05, 0) is 76.5 Å². The van der Waals surface area contributed by atoms with Gasteiger partial charge in [0.25, 0.3) is 0 Å². The Morgan fingerprint density at radius 2 is 0.761 bits per heavy atom. The zero-order valence-electron chi connectivity index (χ0n) is 38.6. The first-order chi connectivity index (χ1) is 31.5. The van der Waals surface area contributed by atoms with Crippen LogP contribution in [0.25, 0.3) is 0 Å². The number of hydrogen-bond acceptors (Lipinski definition) is 23. The van der Waals surface area contributed by atoms with Crippen molar-refractivity contribution >= 4 is 164 Å². The van der Waals surface area contributed by atoms with Crippen LogP contribution in [0, 0.1) is 0 Å². The first-order valence-electron chi connectivity index (χ1n) is 19.7. The van der Waals surface area contributed by atoms with E-state index < -0.39 is 133 Å². The van der Waals surface area contributed by atoms with E-state index in [1.165, 1.54) is 13.8 Å². The molecule has 0 saturated carbocycles. The third-order valence-corrected chi connectivity index (χ3v) is 8.35. The van der Waals surface area contributed by atoms with Crippen molar-refractivity contribution in [2.45, 2.75) is 126 Å². The van der Waals surface area contributed by atoms with E-state index >= 15 is 0 Å². The number of esters is 1. The normalized spacial score (nSPS) is 13.3. The summed E-state index contributed by atoms with van der Waals surface area (Å²) in [5.74, 6) is -10.2. The van der Waals surface area contributed by atoms with Crippen LogP contribution in [0.5, 0.6) is 0 Å². The number of carboxylic acids is 10. The summed E-state index contributed by atoms with van der Waals surface area (Å²) in [5.41, 5.74) is 46.1. The maximum Gasteiger partial charge on any atom is 0.316 e. The number of unbranched alkanes of at least 4 members (excludes halogenated alkanes) is 1. The molecule has 31 nitrogen and oxygen atoms in total. The molecule has 0 rings (SSSR count). The van der Waals surface area contributed by atoms with Gasteiger partial charge in [0.05, 0.1) is 12.8 Å². The van der Waals surface area contributed by atoms with Crippen molar-refractivity contribution in [2.75, 3.05) is 30.6 Å². The number of aliphatic carboxylic acids is 10. The molecule has 0 radical (unpaired) electrons. The fourth-order valence-electron chi connectivity index (χ4n) is 2.86. The average molecular weight is 1110 g/mol. The first-order valence-corrected chi connectivity index (χ1v) is 22.5. The molecule has 0 aliphatic rings. The van der Waals surface area contributed by atoms with Gasteiger partial charge < -0.3 is 107 Å². The monoisotopic (exact) mass is 1110 g/mol. The van der Waals surface area contributed by atoms with Crippen LogP contribution in [0.15, 0.2) is 0 Å². The van der Waals surface area contributed by atoms with Gasteiger partial charge in [0.15, 0.2) is 0 Å². The van der Waals surface area contributed by atoms with Crippen LogP contribution in [0.4, 0.5) is 0 Å². The van der Waals surface area contributed by atoms with Gasteiger partial charge in [0, 0.05) is 6.42 Å². The van der Waals surface area contributed by atoms with Crippen LogP contribution in [-0.2, 0) is 57.5 Å². The molecule has 0 aliphatic carbocycles. The molecule has 9 atom stereocenters. The summed E-state index contributed by atoms with van der Waals surface area (Å²) in [5, 5.41) is 81.4. The van der Waals surface area contributed by atoms with E-state index in [2.05, 4.69) is 0 Å². The second-order valence-corrected chi connectivity index (χ2v) is 15.4. The smallest absolute Gasteiger partial charge is 0.316 e. The summed E-state index contributed by atoms with van der Waals surface area (Å²) >= 11 is 3.21. The molecule has 0 aliphatic heterocycles. The Morgan fingerprint density at radius 3 is 0.972 bits per heavy atom. The second-order valence-electron chi connectivity index (χ2n) is 13.4. The molecule has 0 spiro atoms. The van der Waals surface area contributed by atoms with Gasteiger partial charge in [-0.1, -0.05) is 6.42 Å². The predicted octanol–water partition coefficient (Wildman–Crippen LogP) is -6.05. The molecular weight excluding hydrogens is 1040 g/mol. The standard InChI is InChI=1S/C10H21N3O4.C5H9NO4.2C5H11NO2S.2C4H7NO4.C3H7NO2.K.Mg.3H/c1-6(8(13)9(14)15)17-10(16)7(12)4-2-3-5-11;6-3(5(9)10)1-2-4(7)8;2*1-9-3-2-4(6)5(7)8;2*5-2(4(8)9)1-3(6)7;1-2(4)3(5)6;;;;;/h6-8H,2-5,11-13H2,1H3,(H,14,15);3H,1-2,6H2,(H,7,8)(H,9,10);2*4H,2-3,6H2,1H3,(H,7,8);2*2H,1,5H2,(H,6,7)(H,8,9);2H,4H2,1H3,(H,5,6);;;;;/t6-,7+,8+;3-;2*4-;3*2-;;;;;/m1000000...../s1. The van der Waals surface area contributed by atoms with Crippen LogP contribution >= 0.6 is 23.5 Å². The Balaban J connectivity index is -0.0000000918. The molecule has 0 aromatic heterocycles. The molecule has 0 aromatic rings. The number of carbonyl (C=O) groups excluding carboxylic acids is 1. The summed E-state index contributed by atoms with van der Waals surface area (Å²) in [6.07, 6.45) is 4.74. The molecule has 0 unspecified atom stereocenters. The van der Waals surface area contributed by atoms with E-state index in [0.717, 1.165) is 24.3 Å². The van der Waals surface area contributed by atoms with Crippen LogP contribution < -0.4 is 51.6 Å². The van der Waals surface area contributed by atoms with Crippen molar-refractivity contribution in [3.63, 3.8) is 0 Å². The fourth-order valence-corrected chi connectivity index (χ4v) is 3.84. The minimum Gasteiger partial charge on any atom is 0.316 e. The van der Waals surface area contributed by atoms with Crippen molar-refractivity contribution in [3.8, 4) is 0 Å². The average Bonchev–Trinajstić information content (AvgIpc) is 3.23. The Hall–Kier alpha value is -3.09. The number of rotatable bonds is 27. The van der Waals surface area contributed by atoms with Crippen molar-refractivity contribution in [3.05, 3.63) is 0 Å². The number of nitrogens with two attached hydrogens (primary N) is 9. The second kappa shape index (κ2) is 56.2. The molecule has 71 heavy (non-hydrogen) atoms. The maximum atomic E-state index is 11.4. The molecule has 412 valence electrons. The van der Waals surface area contributed by atoms with Gasteiger partial charge in [-0.15, -0.1) is 0 Å². The minimum atomic E-state index is -1.29. The van der Waals surface area contributed by atoms with Crippen LogP contribution in [0.3, 0.4) is 0 Å². The van der Waals surface area contributed by atoms with E-state index in [9.17, 15) is 52.7 Å². The van der Waals surface area contributed by atoms with Crippen LogP contribution in [0.2, 0.25) is 0 Å². The molecule has 0 saturated heterocycles. The zero-order valence-corrected chi connectivity index (χ0v) is 40.2. The van der Waals surface area contributed by atoms with Crippen molar-refractivity contribution < 1.29 is 109 Å². The molecule has 35 heteroatoms. The quantitative estimate of drug-likeness (QED) is 0.0207. The van der Waals surface area contributed by atoms with Gasteiger partial charge in [0.1, 0.15) is 54.4 Å². The van der Waals surface area contributed by atoms with Gasteiger partial charge >= 0.3 is 140 Å². The SMILES string of the molecule is CSCC[C@H](N)C(=O)O.CSCC[C@H](N)C(=O)O.C[C@@H](OC(=O)[C@@H](N)CCCCN)[C@H](N)C(=O)O.C[C@H](N)C(=O)O.N[C@@H](CC(=O)O)C(=O)O.N[C@@H](CC(=O)O)C(=O)O.N[C@@H](CCC(=O)O)C(=O)O.[KH].[MgH2]. The molecule has 0 fully saturated rings. The third kappa shape index (κ3) is 71.2. The van der Waals surface area contributed by atoms with E-state index in [-0.39, 0.29) is 87.3 Å². The maximum absolute atomic E-state index is 11.4. The largest absolute Gasteiger partial charge is 0.316 e. The topological polar surface area (TPSA) is 633 Å². The van der Waals surface area contributed by atoms with Crippen molar-refractivity contribution in [1.82, 2.24) is 0 Å². The summed E-state index contributed by atoms with van der Waals surface area (Å²) < 4.78 is 4.86. The van der Waals surface area contributed by atoms with E-state index in [1.807, 2.05) is 12.5 Å². The molecule has 0 amide bonds. The molecule has 28 N–H and O–H groups in total. The predicted molar refractivity (Wildman–Crippen MR) is 264 cm³/mol. The number of carbonyl (C=O) groups is 11. The number of ether oxygens (including phenoxy) is 1. The van der Waals surface area contributed by atoms with Crippen molar-refractivity contribution in [2.24, 2.45) is 51.6 Å². The number of thioether (sulfide) groups is 2. The summed E-state index contributed by atoms with van der Waals surface area (Å²) in [6, 6.07) is -7.74. The van der Waals surface area contributed by atoms with Crippen LogP contribution in [0.1, 0.15) is 71.6 Å². The zero-order chi connectivity index (χ0) is 56.2. The number of carboxylic acid groups (broad SMARTS) is 10. The fraction of sp³-hybridized carbons (Fsp3) is 0.694. The Labute approximate surface area is 476 Å². The van der Waals surface area contributed by atoms with Gasteiger partial charge in [-0.25, -0.2) is 0 Å². The molecular formula is C36H76KMgN9O22S2.